The summed E-state index contributed by atoms with van der Waals surface area (Å²) < 4.78 is 4.32. The summed E-state index contributed by atoms with van der Waals surface area (Å²) in [7, 11) is 0. The number of rotatable bonds is 4. The third kappa shape index (κ3) is 22.6. The minimum absolute atomic E-state index is 0. The predicted octanol–water partition coefficient (Wildman–Crippen LogP) is 1.63. The zero-order chi connectivity index (χ0) is 11.6. The molecule has 0 saturated heterocycles. The molecule has 0 saturated carbocycles. The monoisotopic (exact) mass is 460 g/mol. The summed E-state index contributed by atoms with van der Waals surface area (Å²) in [5.74, 6) is -0.925. The molecule has 0 radical (unpaired) electrons. The van der Waals surface area contributed by atoms with Gasteiger partial charge in [-0.15, -0.1) is 0 Å². The minimum atomic E-state index is -0.789. The molecule has 16 heavy (non-hydrogen) atoms. The average Bonchev–Trinajstić information content (AvgIpc) is 2.17. The summed E-state index contributed by atoms with van der Waals surface area (Å²) in [6.45, 7) is 3.75. The van der Waals surface area contributed by atoms with E-state index in [1.807, 2.05) is 13.8 Å². The summed E-state index contributed by atoms with van der Waals surface area (Å²) in [6.07, 6.45) is 2.03. The van der Waals surface area contributed by atoms with E-state index < -0.39 is 5.97 Å². The zero-order valence-electron chi connectivity index (χ0n) is 8.13. The van der Waals surface area contributed by atoms with Gasteiger partial charge in [-0.25, -0.2) is 0 Å². The zero-order valence-corrected chi connectivity index (χ0v) is 11.9. The third-order valence-electron chi connectivity index (χ3n) is 1.17. The molecule has 0 aliphatic rings. The van der Waals surface area contributed by atoms with Crippen molar-refractivity contribution in [2.24, 2.45) is 0 Å². The molecule has 1 atom stereocenters. The summed E-state index contributed by atoms with van der Waals surface area (Å²) in [5, 5.41) is 8.14. The van der Waals surface area contributed by atoms with Crippen molar-refractivity contribution >= 4 is 154 Å². The van der Waals surface area contributed by atoms with Crippen molar-refractivity contribution in [1.29, 1.82) is 0 Å². The molecule has 0 bridgehead atoms. The Hall–Kier alpha value is 3.42. The molecule has 88 valence electrons. The van der Waals surface area contributed by atoms with Gasteiger partial charge in [0.2, 0.25) is 0 Å². The van der Waals surface area contributed by atoms with Gasteiger partial charge in [0, 0.05) is 6.42 Å². The first-order chi connectivity index (χ1) is 6.49. The van der Waals surface area contributed by atoms with Gasteiger partial charge in [0.15, 0.2) is 23.0 Å². The van der Waals surface area contributed by atoms with Crippen LogP contribution in [0.4, 0.5) is 0 Å². The van der Waals surface area contributed by atoms with Gasteiger partial charge in [0.25, 0.3) is 0 Å². The number of carbonyl (C=O) groups is 2. The molecule has 4 nitrogen and oxygen atoms in total. The molecule has 0 amide bonds. The number of hydrogen-bond acceptors (Lipinski definition) is 3. The van der Waals surface area contributed by atoms with Crippen LogP contribution in [0, 0.1) is 0 Å². The number of carboxylic acid groups (broad SMARTS) is 1. The molecule has 8 heteroatoms. The molecular formula is C8H16BrIK2O4. The van der Waals surface area contributed by atoms with Gasteiger partial charge >= 0.3 is 115 Å². The van der Waals surface area contributed by atoms with Crippen molar-refractivity contribution in [2.45, 2.75) is 37.9 Å². The first-order valence-corrected chi connectivity index (χ1v) is 5.97. The summed E-state index contributed by atoms with van der Waals surface area (Å²) in [6, 6.07) is 0. The van der Waals surface area contributed by atoms with Gasteiger partial charge in [-0.05, 0) is 12.8 Å². The van der Waals surface area contributed by atoms with Gasteiger partial charge in [0.1, 0.15) is 4.83 Å². The molecule has 1 N–H and O–H groups in total. The van der Waals surface area contributed by atoms with E-state index in [9.17, 15) is 9.59 Å². The molecule has 1 unspecified atom stereocenters. The van der Waals surface area contributed by atoms with E-state index in [1.165, 1.54) is 0 Å². The fraction of sp³-hybridized carbons (Fsp3) is 0.750. The van der Waals surface area contributed by atoms with E-state index in [0.717, 1.165) is 6.42 Å². The van der Waals surface area contributed by atoms with Crippen molar-refractivity contribution in [2.75, 3.05) is 0 Å². The number of aliphatic carboxylic acids is 1. The molecule has 0 aliphatic heterocycles. The van der Waals surface area contributed by atoms with Crippen LogP contribution in [0.3, 0.4) is 0 Å². The SMILES string of the molecule is CCC(Br)C(=O)O.CCCC(=O)OI.[KH].[KH]. The quantitative estimate of drug-likeness (QED) is 0.393. The second-order valence-electron chi connectivity index (χ2n) is 2.41. The van der Waals surface area contributed by atoms with Crippen molar-refractivity contribution in [1.82, 2.24) is 0 Å². The van der Waals surface area contributed by atoms with Crippen molar-refractivity contribution < 1.29 is 17.8 Å². The standard InChI is InChI=1S/C4H7BrO2.C4H7IO2.2K.2H/c1-2-3(5)4(6)7;1-2-3-4(6)7-5;;;;/h3H,2H2,1H3,(H,6,7);2-3H2,1H3;;;;. The molecule has 0 aromatic heterocycles. The number of alkyl halides is 1. The van der Waals surface area contributed by atoms with Crippen LogP contribution < -0.4 is 0 Å². The topological polar surface area (TPSA) is 63.6 Å². The fourth-order valence-electron chi connectivity index (χ4n) is 0.417. The van der Waals surface area contributed by atoms with Crippen LogP contribution in [0.1, 0.15) is 33.1 Å². The van der Waals surface area contributed by atoms with Crippen molar-refractivity contribution in [3.63, 3.8) is 0 Å². The van der Waals surface area contributed by atoms with Crippen LogP contribution in [-0.4, -0.2) is 125 Å². The summed E-state index contributed by atoms with van der Waals surface area (Å²) in [5.41, 5.74) is 0. The second kappa shape index (κ2) is 20.7. The van der Waals surface area contributed by atoms with Crippen LogP contribution in [0.2, 0.25) is 0 Å². The van der Waals surface area contributed by atoms with Crippen LogP contribution in [0.15, 0.2) is 0 Å². The van der Waals surface area contributed by atoms with Crippen molar-refractivity contribution in [3.05, 3.63) is 0 Å². The number of halogens is 2. The van der Waals surface area contributed by atoms with Gasteiger partial charge in [-0.2, -0.15) is 0 Å². The molecule has 0 spiro atoms. The molecule has 0 fully saturated rings. The molecule has 0 aliphatic carbocycles. The molecule has 0 aromatic rings. The van der Waals surface area contributed by atoms with Gasteiger partial charge < -0.3 is 8.17 Å². The Morgan fingerprint density at radius 1 is 1.38 bits per heavy atom. The number of carbonyl (C=O) groups excluding carboxylic acids is 1. The van der Waals surface area contributed by atoms with Crippen LogP contribution in [-0.2, 0) is 12.7 Å². The Kier molecular flexibility index (Phi) is 35.9. The van der Waals surface area contributed by atoms with Crippen molar-refractivity contribution in [3.8, 4) is 0 Å². The van der Waals surface area contributed by atoms with E-state index >= 15 is 0 Å². The van der Waals surface area contributed by atoms with E-state index in [-0.39, 0.29) is 114 Å². The average molecular weight is 461 g/mol. The third-order valence-corrected chi connectivity index (χ3v) is 2.70. The first-order valence-electron chi connectivity index (χ1n) is 4.17. The van der Waals surface area contributed by atoms with Crippen LogP contribution in [0.5, 0.6) is 0 Å². The first kappa shape index (κ1) is 27.7. The van der Waals surface area contributed by atoms with E-state index in [0.29, 0.717) is 12.8 Å². The van der Waals surface area contributed by atoms with Gasteiger partial charge in [-0.3, -0.25) is 9.59 Å². The van der Waals surface area contributed by atoms with Crippen LogP contribution >= 0.6 is 38.9 Å². The Balaban J connectivity index is -0.0000000800. The molecular weight excluding hydrogens is 445 g/mol. The maximum atomic E-state index is 10.2. The molecule has 0 aromatic carbocycles. The fourth-order valence-corrected chi connectivity index (χ4v) is 0.638. The number of hydrogen-bond donors (Lipinski definition) is 1. The number of carboxylic acids is 1. The van der Waals surface area contributed by atoms with Gasteiger partial charge in [-0.1, -0.05) is 29.8 Å². The Bertz CT molecular complexity index is 181. The van der Waals surface area contributed by atoms with Crippen LogP contribution in [0.25, 0.3) is 0 Å². The summed E-state index contributed by atoms with van der Waals surface area (Å²) in [4.78, 5) is 19.7. The molecule has 0 rings (SSSR count). The van der Waals surface area contributed by atoms with E-state index in [2.05, 4.69) is 19.0 Å². The predicted molar refractivity (Wildman–Crippen MR) is 80.0 cm³/mol. The Labute approximate surface area is 204 Å². The Morgan fingerprint density at radius 2 is 1.81 bits per heavy atom. The molecule has 0 heterocycles. The maximum absolute atomic E-state index is 10.2. The normalized spacial score (nSPS) is 9.50. The van der Waals surface area contributed by atoms with Gasteiger partial charge in [0.05, 0.1) is 0 Å². The van der Waals surface area contributed by atoms with E-state index in [4.69, 9.17) is 5.11 Å². The second-order valence-corrected chi connectivity index (χ2v) is 3.96. The Morgan fingerprint density at radius 3 is 1.88 bits per heavy atom. The van der Waals surface area contributed by atoms with E-state index in [1.54, 1.807) is 23.0 Å². The summed E-state index contributed by atoms with van der Waals surface area (Å²) >= 11 is 4.53.